The smallest absolute Gasteiger partial charge is 0.231 e. The molecule has 0 saturated heterocycles. The number of hydrogen-bond acceptors (Lipinski definition) is 5. The molecule has 4 rings (SSSR count). The van der Waals surface area contributed by atoms with Crippen LogP contribution in [0.25, 0.3) is 10.9 Å². The monoisotopic (exact) mass is 355 g/mol. The SMILES string of the molecule is CCN(c1cccc(C)c1)c1nccc(Nc2cccc3cccnc23)n1. The summed E-state index contributed by atoms with van der Waals surface area (Å²) in [5, 5.41) is 4.48. The summed E-state index contributed by atoms with van der Waals surface area (Å²) >= 11 is 0. The quantitative estimate of drug-likeness (QED) is 0.531. The molecule has 5 nitrogen and oxygen atoms in total. The van der Waals surface area contributed by atoms with Crippen LogP contribution in [0.5, 0.6) is 0 Å². The number of benzene rings is 2. The van der Waals surface area contributed by atoms with E-state index in [1.807, 2.05) is 24.3 Å². The molecule has 5 heteroatoms. The minimum Gasteiger partial charge on any atom is -0.338 e. The van der Waals surface area contributed by atoms with Crippen molar-refractivity contribution in [2.45, 2.75) is 13.8 Å². The number of anilines is 4. The van der Waals surface area contributed by atoms with E-state index >= 15 is 0 Å². The molecular formula is C22H21N5. The van der Waals surface area contributed by atoms with Gasteiger partial charge in [0.2, 0.25) is 5.95 Å². The van der Waals surface area contributed by atoms with Crippen LogP contribution in [0.4, 0.5) is 23.1 Å². The molecule has 0 spiro atoms. The van der Waals surface area contributed by atoms with Crippen LogP contribution in [0.1, 0.15) is 12.5 Å². The number of nitrogens with one attached hydrogen (secondary N) is 1. The van der Waals surface area contributed by atoms with E-state index < -0.39 is 0 Å². The van der Waals surface area contributed by atoms with Crippen LogP contribution in [-0.2, 0) is 0 Å². The fourth-order valence-electron chi connectivity index (χ4n) is 3.13. The third-order valence-corrected chi connectivity index (χ3v) is 4.41. The maximum atomic E-state index is 4.73. The van der Waals surface area contributed by atoms with Crippen LogP contribution < -0.4 is 10.2 Å². The Morgan fingerprint density at radius 2 is 1.78 bits per heavy atom. The van der Waals surface area contributed by atoms with Gasteiger partial charge in [-0.15, -0.1) is 0 Å². The largest absolute Gasteiger partial charge is 0.338 e. The second kappa shape index (κ2) is 7.41. The molecule has 0 aliphatic heterocycles. The zero-order valence-electron chi connectivity index (χ0n) is 15.4. The highest BCUT2D eigenvalue weighted by molar-refractivity contribution is 5.91. The lowest BCUT2D eigenvalue weighted by atomic mass is 10.2. The van der Waals surface area contributed by atoms with Crippen LogP contribution in [0.3, 0.4) is 0 Å². The second-order valence-corrected chi connectivity index (χ2v) is 6.33. The average Bonchev–Trinajstić information content (AvgIpc) is 2.69. The molecule has 0 saturated carbocycles. The first kappa shape index (κ1) is 17.0. The molecule has 0 atom stereocenters. The van der Waals surface area contributed by atoms with Gasteiger partial charge >= 0.3 is 0 Å². The number of rotatable bonds is 5. The highest BCUT2D eigenvalue weighted by Crippen LogP contribution is 2.26. The maximum Gasteiger partial charge on any atom is 0.231 e. The summed E-state index contributed by atoms with van der Waals surface area (Å²) in [6, 6.07) is 20.3. The Labute approximate surface area is 158 Å². The van der Waals surface area contributed by atoms with Gasteiger partial charge in [-0.05, 0) is 49.7 Å². The number of aromatic nitrogens is 3. The van der Waals surface area contributed by atoms with Crippen molar-refractivity contribution < 1.29 is 0 Å². The fraction of sp³-hybridized carbons (Fsp3) is 0.136. The van der Waals surface area contributed by atoms with Crippen molar-refractivity contribution in [1.29, 1.82) is 0 Å². The second-order valence-electron chi connectivity index (χ2n) is 6.33. The first-order valence-electron chi connectivity index (χ1n) is 9.02. The van der Waals surface area contributed by atoms with E-state index in [1.165, 1.54) is 5.56 Å². The van der Waals surface area contributed by atoms with E-state index in [4.69, 9.17) is 4.98 Å². The van der Waals surface area contributed by atoms with Crippen molar-refractivity contribution in [3.05, 3.63) is 78.6 Å². The van der Waals surface area contributed by atoms with Crippen LogP contribution >= 0.6 is 0 Å². The molecule has 0 aliphatic rings. The van der Waals surface area contributed by atoms with Crippen molar-refractivity contribution >= 4 is 34.0 Å². The molecule has 0 radical (unpaired) electrons. The normalized spacial score (nSPS) is 10.7. The van der Waals surface area contributed by atoms with Gasteiger partial charge in [0.25, 0.3) is 0 Å². The van der Waals surface area contributed by atoms with Gasteiger partial charge < -0.3 is 10.2 Å². The lowest BCUT2D eigenvalue weighted by Crippen LogP contribution is -2.19. The number of aryl methyl sites for hydroxylation is 1. The molecule has 2 aromatic heterocycles. The number of para-hydroxylation sites is 1. The van der Waals surface area contributed by atoms with Gasteiger partial charge in [-0.3, -0.25) is 4.98 Å². The minimum absolute atomic E-state index is 0.668. The van der Waals surface area contributed by atoms with Gasteiger partial charge in [-0.1, -0.05) is 30.3 Å². The Balaban J connectivity index is 1.68. The Hall–Kier alpha value is -3.47. The highest BCUT2D eigenvalue weighted by atomic mass is 15.3. The van der Waals surface area contributed by atoms with E-state index in [0.717, 1.165) is 34.6 Å². The topological polar surface area (TPSA) is 53.9 Å². The van der Waals surface area contributed by atoms with E-state index in [0.29, 0.717) is 5.95 Å². The maximum absolute atomic E-state index is 4.73. The van der Waals surface area contributed by atoms with Crippen LogP contribution in [0.15, 0.2) is 73.1 Å². The van der Waals surface area contributed by atoms with E-state index in [2.05, 4.69) is 70.4 Å². The lowest BCUT2D eigenvalue weighted by Gasteiger charge is -2.21. The third kappa shape index (κ3) is 3.58. The molecule has 0 fully saturated rings. The van der Waals surface area contributed by atoms with E-state index in [-0.39, 0.29) is 0 Å². The Bertz CT molecular complexity index is 1070. The van der Waals surface area contributed by atoms with Crippen molar-refractivity contribution in [2.24, 2.45) is 0 Å². The first-order chi connectivity index (χ1) is 13.2. The zero-order valence-corrected chi connectivity index (χ0v) is 15.4. The number of fused-ring (bicyclic) bond motifs is 1. The molecular weight excluding hydrogens is 334 g/mol. The summed E-state index contributed by atoms with van der Waals surface area (Å²) in [5.41, 5.74) is 4.14. The molecule has 2 heterocycles. The van der Waals surface area contributed by atoms with Gasteiger partial charge in [0, 0.05) is 30.0 Å². The summed E-state index contributed by atoms with van der Waals surface area (Å²) in [5.74, 6) is 1.41. The molecule has 0 bridgehead atoms. The van der Waals surface area contributed by atoms with Crippen LogP contribution in [0.2, 0.25) is 0 Å². The summed E-state index contributed by atoms with van der Waals surface area (Å²) in [4.78, 5) is 15.8. The molecule has 2 aromatic carbocycles. The van der Waals surface area contributed by atoms with Crippen molar-refractivity contribution in [2.75, 3.05) is 16.8 Å². The molecule has 0 aliphatic carbocycles. The van der Waals surface area contributed by atoms with Crippen molar-refractivity contribution in [1.82, 2.24) is 15.0 Å². The zero-order chi connectivity index (χ0) is 18.6. The summed E-state index contributed by atoms with van der Waals surface area (Å²) in [7, 11) is 0. The van der Waals surface area contributed by atoms with E-state index in [9.17, 15) is 0 Å². The van der Waals surface area contributed by atoms with Gasteiger partial charge in [-0.2, -0.15) is 4.98 Å². The molecule has 0 amide bonds. The number of nitrogens with zero attached hydrogens (tertiary/aromatic N) is 4. The molecule has 4 aromatic rings. The molecule has 27 heavy (non-hydrogen) atoms. The highest BCUT2D eigenvalue weighted by Gasteiger charge is 2.12. The fourth-order valence-corrected chi connectivity index (χ4v) is 3.13. The molecule has 134 valence electrons. The third-order valence-electron chi connectivity index (χ3n) is 4.41. The van der Waals surface area contributed by atoms with Crippen molar-refractivity contribution in [3.63, 3.8) is 0 Å². The lowest BCUT2D eigenvalue weighted by molar-refractivity contribution is 0.947. The Morgan fingerprint density at radius 1 is 0.926 bits per heavy atom. The standard InChI is InChI=1S/C22H21N5/c1-3-27(18-10-4-7-16(2)15-18)22-24-14-12-20(26-22)25-19-11-5-8-17-9-6-13-23-21(17)19/h4-15H,3H2,1-2H3,(H,24,25,26). The van der Waals surface area contributed by atoms with Crippen LogP contribution in [0, 0.1) is 6.92 Å². The predicted molar refractivity (Wildman–Crippen MR) is 111 cm³/mol. The summed E-state index contributed by atoms with van der Waals surface area (Å²) < 4.78 is 0. The average molecular weight is 355 g/mol. The summed E-state index contributed by atoms with van der Waals surface area (Å²) in [6.45, 7) is 4.97. The molecule has 1 N–H and O–H groups in total. The predicted octanol–water partition coefficient (Wildman–Crippen LogP) is 5.23. The Kier molecular flexibility index (Phi) is 4.66. The van der Waals surface area contributed by atoms with Gasteiger partial charge in [0.15, 0.2) is 0 Å². The van der Waals surface area contributed by atoms with E-state index in [1.54, 1.807) is 12.4 Å². The van der Waals surface area contributed by atoms with Gasteiger partial charge in [0.05, 0.1) is 11.2 Å². The number of hydrogen-bond donors (Lipinski definition) is 1. The summed E-state index contributed by atoms with van der Waals surface area (Å²) in [6.07, 6.45) is 3.58. The minimum atomic E-state index is 0.668. The Morgan fingerprint density at radius 3 is 2.63 bits per heavy atom. The number of pyridine rings is 1. The molecule has 0 unspecified atom stereocenters. The first-order valence-corrected chi connectivity index (χ1v) is 9.02. The van der Waals surface area contributed by atoms with Crippen LogP contribution in [-0.4, -0.2) is 21.5 Å². The van der Waals surface area contributed by atoms with Gasteiger partial charge in [0.1, 0.15) is 5.82 Å². The van der Waals surface area contributed by atoms with Gasteiger partial charge in [-0.25, -0.2) is 4.98 Å². The van der Waals surface area contributed by atoms with Crippen molar-refractivity contribution in [3.8, 4) is 0 Å².